The van der Waals surface area contributed by atoms with Gasteiger partial charge in [0, 0.05) is 5.38 Å². The molecule has 0 saturated heterocycles. The molecule has 0 N–H and O–H groups in total. The van der Waals surface area contributed by atoms with E-state index in [0.717, 1.165) is 22.5 Å². The smallest absolute Gasteiger partial charge is 0.283 e. The van der Waals surface area contributed by atoms with Crippen LogP contribution in [0.25, 0.3) is 0 Å². The van der Waals surface area contributed by atoms with Gasteiger partial charge in [-0.25, -0.2) is 19.3 Å². The lowest BCUT2D eigenvalue weighted by Gasteiger charge is -2.01. The van der Waals surface area contributed by atoms with Gasteiger partial charge in [-0.15, -0.1) is 21.5 Å². The molecule has 0 saturated carbocycles. The minimum atomic E-state index is -0.440. The van der Waals surface area contributed by atoms with Gasteiger partial charge in [0.2, 0.25) is 5.89 Å². The third kappa shape index (κ3) is 3.30. The summed E-state index contributed by atoms with van der Waals surface area (Å²) in [5.41, 5.74) is 1.25. The molecule has 114 valence electrons. The first kappa shape index (κ1) is 15.0. The van der Waals surface area contributed by atoms with E-state index in [1.807, 2.05) is 19.2 Å². The number of rotatable bonds is 5. The van der Waals surface area contributed by atoms with Crippen molar-refractivity contribution in [2.24, 2.45) is 0 Å². The number of halogens is 1. The van der Waals surface area contributed by atoms with Crippen molar-refractivity contribution in [1.29, 1.82) is 0 Å². The van der Waals surface area contributed by atoms with E-state index in [2.05, 4.69) is 25.1 Å². The van der Waals surface area contributed by atoms with Gasteiger partial charge in [-0.2, -0.15) is 0 Å². The van der Waals surface area contributed by atoms with Gasteiger partial charge in [-0.1, -0.05) is 6.92 Å². The molecule has 0 bridgehead atoms. The summed E-state index contributed by atoms with van der Waals surface area (Å²) in [5, 5.41) is 11.2. The fourth-order valence-corrected chi connectivity index (χ4v) is 3.09. The Balaban J connectivity index is 1.74. The zero-order valence-electron chi connectivity index (χ0n) is 11.9. The Morgan fingerprint density at radius 1 is 1.32 bits per heavy atom. The molecule has 6 nitrogen and oxygen atoms in total. The molecule has 0 spiro atoms. The maximum Gasteiger partial charge on any atom is 0.283 e. The first-order valence-electron chi connectivity index (χ1n) is 6.56. The average molecular weight is 337 g/mol. The van der Waals surface area contributed by atoms with Gasteiger partial charge in [0.25, 0.3) is 5.22 Å². The fourth-order valence-electron chi connectivity index (χ4n) is 1.78. The SMILES string of the molecule is CCc1ncnc(Sc2nnc(Cc3csc(C)n3)o2)c1F. The van der Waals surface area contributed by atoms with Gasteiger partial charge >= 0.3 is 0 Å². The predicted molar refractivity (Wildman–Crippen MR) is 79.4 cm³/mol. The second-order valence-electron chi connectivity index (χ2n) is 4.39. The van der Waals surface area contributed by atoms with Crippen LogP contribution in [-0.2, 0) is 12.8 Å². The van der Waals surface area contributed by atoms with E-state index < -0.39 is 5.82 Å². The number of aryl methyl sites for hydroxylation is 2. The molecule has 3 aromatic rings. The molecule has 0 aliphatic carbocycles. The van der Waals surface area contributed by atoms with Crippen LogP contribution in [-0.4, -0.2) is 25.1 Å². The van der Waals surface area contributed by atoms with Gasteiger partial charge in [0.05, 0.1) is 22.8 Å². The number of nitrogens with zero attached hydrogens (tertiary/aromatic N) is 5. The summed E-state index contributed by atoms with van der Waals surface area (Å²) in [6, 6.07) is 0. The van der Waals surface area contributed by atoms with Crippen LogP contribution in [0.4, 0.5) is 4.39 Å². The second kappa shape index (κ2) is 6.49. The van der Waals surface area contributed by atoms with E-state index in [1.165, 1.54) is 6.33 Å². The molecule has 22 heavy (non-hydrogen) atoms. The van der Waals surface area contributed by atoms with E-state index in [0.29, 0.717) is 24.4 Å². The van der Waals surface area contributed by atoms with E-state index in [4.69, 9.17) is 4.42 Å². The predicted octanol–water partition coefficient (Wildman–Crippen LogP) is 3.07. The van der Waals surface area contributed by atoms with Crippen molar-refractivity contribution in [3.8, 4) is 0 Å². The lowest BCUT2D eigenvalue weighted by atomic mass is 10.3. The molecule has 3 rings (SSSR count). The van der Waals surface area contributed by atoms with Gasteiger partial charge in [-0.05, 0) is 25.1 Å². The molecule has 0 unspecified atom stereocenters. The van der Waals surface area contributed by atoms with Crippen LogP contribution in [0.1, 0.15) is 29.2 Å². The lowest BCUT2D eigenvalue weighted by Crippen LogP contribution is -1.97. The summed E-state index contributed by atoms with van der Waals surface area (Å²) in [4.78, 5) is 12.1. The third-order valence-electron chi connectivity index (χ3n) is 2.80. The van der Waals surface area contributed by atoms with Crippen LogP contribution in [0.3, 0.4) is 0 Å². The highest BCUT2D eigenvalue weighted by Crippen LogP contribution is 2.28. The molecule has 0 aromatic carbocycles. The Morgan fingerprint density at radius 3 is 2.91 bits per heavy atom. The van der Waals surface area contributed by atoms with Crippen molar-refractivity contribution < 1.29 is 8.81 Å². The summed E-state index contributed by atoms with van der Waals surface area (Å²) in [7, 11) is 0. The molecule has 0 radical (unpaired) electrons. The van der Waals surface area contributed by atoms with Crippen LogP contribution in [0, 0.1) is 12.7 Å². The Bertz CT molecular complexity index is 788. The van der Waals surface area contributed by atoms with Gasteiger partial charge in [0.1, 0.15) is 11.4 Å². The molecule has 0 aliphatic rings. The van der Waals surface area contributed by atoms with Crippen LogP contribution in [0.2, 0.25) is 0 Å². The van der Waals surface area contributed by atoms with Crippen molar-refractivity contribution in [3.05, 3.63) is 39.8 Å². The maximum atomic E-state index is 14.1. The molecule has 3 aromatic heterocycles. The number of hydrogen-bond donors (Lipinski definition) is 0. The molecule has 0 amide bonds. The molecule has 3 heterocycles. The number of aromatic nitrogens is 5. The van der Waals surface area contributed by atoms with E-state index in [-0.39, 0.29) is 10.2 Å². The monoisotopic (exact) mass is 337 g/mol. The summed E-state index contributed by atoms with van der Waals surface area (Å²) in [6.07, 6.45) is 2.30. The Kier molecular flexibility index (Phi) is 4.44. The van der Waals surface area contributed by atoms with Gasteiger partial charge in [0.15, 0.2) is 5.82 Å². The fraction of sp³-hybridized carbons (Fsp3) is 0.308. The van der Waals surface area contributed by atoms with Crippen molar-refractivity contribution in [1.82, 2.24) is 25.1 Å². The highest BCUT2D eigenvalue weighted by molar-refractivity contribution is 7.99. The summed E-state index contributed by atoms with van der Waals surface area (Å²) < 4.78 is 19.6. The van der Waals surface area contributed by atoms with Gasteiger partial charge < -0.3 is 4.42 Å². The first-order valence-corrected chi connectivity index (χ1v) is 8.26. The Hall–Kier alpha value is -1.87. The summed E-state index contributed by atoms with van der Waals surface area (Å²) >= 11 is 2.56. The van der Waals surface area contributed by atoms with Crippen molar-refractivity contribution in [3.63, 3.8) is 0 Å². The molecule has 9 heteroatoms. The standard InChI is InChI=1S/C13H12FN5OS2/c1-3-9-11(14)12(16-6-15-9)22-13-19-18-10(20-13)4-8-5-21-7(2)17-8/h5-6H,3-4H2,1-2H3. The quantitative estimate of drug-likeness (QED) is 0.662. The zero-order chi connectivity index (χ0) is 15.5. The van der Waals surface area contributed by atoms with Gasteiger partial charge in [-0.3, -0.25) is 0 Å². The topological polar surface area (TPSA) is 77.6 Å². The second-order valence-corrected chi connectivity index (χ2v) is 6.39. The van der Waals surface area contributed by atoms with Crippen LogP contribution < -0.4 is 0 Å². The van der Waals surface area contributed by atoms with Crippen LogP contribution in [0.15, 0.2) is 26.4 Å². The lowest BCUT2D eigenvalue weighted by molar-refractivity contribution is 0.418. The average Bonchev–Trinajstić information content (AvgIpc) is 3.11. The van der Waals surface area contributed by atoms with Crippen molar-refractivity contribution in [2.75, 3.05) is 0 Å². The molecule has 0 atom stereocenters. The Labute approximate surface area is 134 Å². The Morgan fingerprint density at radius 2 is 2.18 bits per heavy atom. The zero-order valence-corrected chi connectivity index (χ0v) is 13.5. The van der Waals surface area contributed by atoms with Crippen LogP contribution >= 0.6 is 23.1 Å². The van der Waals surface area contributed by atoms with Crippen molar-refractivity contribution >= 4 is 23.1 Å². The van der Waals surface area contributed by atoms with E-state index >= 15 is 0 Å². The van der Waals surface area contributed by atoms with Crippen LogP contribution in [0.5, 0.6) is 0 Å². The number of hydrogen-bond acceptors (Lipinski definition) is 8. The summed E-state index contributed by atoms with van der Waals surface area (Å²) in [5.74, 6) is 0.00264. The van der Waals surface area contributed by atoms with E-state index in [9.17, 15) is 4.39 Å². The highest BCUT2D eigenvalue weighted by Gasteiger charge is 2.15. The normalized spacial score (nSPS) is 11.0. The first-order chi connectivity index (χ1) is 10.7. The van der Waals surface area contributed by atoms with Crippen molar-refractivity contribution in [2.45, 2.75) is 36.9 Å². The minimum absolute atomic E-state index is 0.187. The number of thiazole rings is 1. The highest BCUT2D eigenvalue weighted by atomic mass is 32.2. The molecular formula is C13H12FN5OS2. The third-order valence-corrected chi connectivity index (χ3v) is 4.44. The molecular weight excluding hydrogens is 325 g/mol. The van der Waals surface area contributed by atoms with E-state index in [1.54, 1.807) is 11.3 Å². The minimum Gasteiger partial charge on any atom is -0.415 e. The molecule has 0 fully saturated rings. The molecule has 0 aliphatic heterocycles. The summed E-state index contributed by atoms with van der Waals surface area (Å²) in [6.45, 7) is 3.77. The maximum absolute atomic E-state index is 14.1. The largest absolute Gasteiger partial charge is 0.415 e.